The van der Waals surface area contributed by atoms with E-state index in [1.807, 2.05) is 13.8 Å². The third-order valence-corrected chi connectivity index (χ3v) is 3.78. The van der Waals surface area contributed by atoms with Crippen LogP contribution in [0.5, 0.6) is 0 Å². The van der Waals surface area contributed by atoms with Crippen molar-refractivity contribution in [1.82, 2.24) is 15.8 Å². The van der Waals surface area contributed by atoms with Crippen molar-refractivity contribution >= 4 is 6.03 Å². The number of benzene rings is 1. The first-order valence-electron chi connectivity index (χ1n) is 7.79. The zero-order valence-corrected chi connectivity index (χ0v) is 14.2. The van der Waals surface area contributed by atoms with E-state index in [-0.39, 0.29) is 12.6 Å². The highest BCUT2D eigenvalue weighted by atomic mass is 19.4. The number of rotatable bonds is 5. The Hall–Kier alpha value is -2.51. The van der Waals surface area contributed by atoms with Crippen LogP contribution >= 0.6 is 0 Å². The van der Waals surface area contributed by atoms with E-state index in [4.69, 9.17) is 4.52 Å². The van der Waals surface area contributed by atoms with E-state index >= 15 is 0 Å². The van der Waals surface area contributed by atoms with Gasteiger partial charge in [0.25, 0.3) is 0 Å². The molecule has 136 valence electrons. The van der Waals surface area contributed by atoms with Gasteiger partial charge in [0.05, 0.1) is 11.3 Å². The quantitative estimate of drug-likeness (QED) is 0.859. The van der Waals surface area contributed by atoms with Crippen LogP contribution in [0.2, 0.25) is 0 Å². The molecule has 1 unspecified atom stereocenters. The highest BCUT2D eigenvalue weighted by molar-refractivity contribution is 5.74. The van der Waals surface area contributed by atoms with Gasteiger partial charge in [0, 0.05) is 18.2 Å². The Morgan fingerprint density at radius 3 is 2.64 bits per heavy atom. The lowest BCUT2D eigenvalue weighted by molar-refractivity contribution is -0.137. The number of carbonyl (C=O) groups excluding carboxylic acids is 1. The van der Waals surface area contributed by atoms with E-state index in [1.165, 1.54) is 12.1 Å². The maximum atomic E-state index is 12.7. The van der Waals surface area contributed by atoms with Gasteiger partial charge in [-0.2, -0.15) is 13.2 Å². The highest BCUT2D eigenvalue weighted by Gasteiger charge is 2.30. The summed E-state index contributed by atoms with van der Waals surface area (Å²) in [4.78, 5) is 11.9. The first-order valence-corrected chi connectivity index (χ1v) is 7.79. The van der Waals surface area contributed by atoms with Crippen molar-refractivity contribution in [2.24, 2.45) is 0 Å². The zero-order chi connectivity index (χ0) is 18.6. The number of nitrogens with one attached hydrogen (secondary N) is 2. The standard InChI is InChI=1S/C17H20F3N3O2/c1-10(7-15-11(2)23-25-12(15)3)22-16(24)21-9-13-5-4-6-14(8-13)17(18,19)20/h4-6,8,10H,7,9H2,1-3H3,(H2,21,22,24). The van der Waals surface area contributed by atoms with Crippen molar-refractivity contribution in [2.45, 2.75) is 46.0 Å². The summed E-state index contributed by atoms with van der Waals surface area (Å²) < 4.78 is 43.1. The second-order valence-corrected chi connectivity index (χ2v) is 5.93. The number of hydrogen-bond acceptors (Lipinski definition) is 3. The molecule has 0 saturated carbocycles. The normalized spacial score (nSPS) is 12.7. The molecule has 0 aliphatic rings. The van der Waals surface area contributed by atoms with Gasteiger partial charge >= 0.3 is 12.2 Å². The number of aromatic nitrogens is 1. The lowest BCUT2D eigenvalue weighted by Crippen LogP contribution is -2.41. The predicted molar refractivity (Wildman–Crippen MR) is 86.0 cm³/mol. The summed E-state index contributed by atoms with van der Waals surface area (Å²) in [5, 5.41) is 9.16. The Kier molecular flexibility index (Phi) is 5.71. The largest absolute Gasteiger partial charge is 0.416 e. The van der Waals surface area contributed by atoms with Crippen molar-refractivity contribution < 1.29 is 22.5 Å². The number of urea groups is 1. The molecule has 1 aromatic carbocycles. The minimum absolute atomic E-state index is 0.00773. The van der Waals surface area contributed by atoms with Gasteiger partial charge in [-0.1, -0.05) is 17.3 Å². The van der Waals surface area contributed by atoms with Crippen LogP contribution < -0.4 is 10.6 Å². The number of carbonyl (C=O) groups is 1. The molecule has 0 aliphatic carbocycles. The fraction of sp³-hybridized carbons (Fsp3) is 0.412. The van der Waals surface area contributed by atoms with E-state index in [1.54, 1.807) is 6.92 Å². The van der Waals surface area contributed by atoms with Gasteiger partial charge in [-0.3, -0.25) is 0 Å². The van der Waals surface area contributed by atoms with Crippen molar-refractivity contribution in [3.8, 4) is 0 Å². The molecule has 0 aliphatic heterocycles. The molecule has 2 amide bonds. The number of nitrogens with zero attached hydrogens (tertiary/aromatic N) is 1. The Morgan fingerprint density at radius 1 is 1.32 bits per heavy atom. The topological polar surface area (TPSA) is 67.2 Å². The van der Waals surface area contributed by atoms with Gasteiger partial charge < -0.3 is 15.2 Å². The fourth-order valence-electron chi connectivity index (χ4n) is 2.47. The van der Waals surface area contributed by atoms with Crippen molar-refractivity contribution in [3.05, 3.63) is 52.4 Å². The predicted octanol–water partition coefficient (Wildman–Crippen LogP) is 3.74. The molecule has 0 saturated heterocycles. The van der Waals surface area contributed by atoms with E-state index in [0.29, 0.717) is 17.7 Å². The number of amides is 2. The summed E-state index contributed by atoms with van der Waals surface area (Å²) >= 11 is 0. The van der Waals surface area contributed by atoms with Gasteiger partial charge in [-0.15, -0.1) is 0 Å². The first kappa shape index (κ1) is 18.8. The number of alkyl halides is 3. The maximum Gasteiger partial charge on any atom is 0.416 e. The van der Waals surface area contributed by atoms with Gasteiger partial charge in [0.2, 0.25) is 0 Å². The van der Waals surface area contributed by atoms with Crippen LogP contribution in [0.4, 0.5) is 18.0 Å². The summed E-state index contributed by atoms with van der Waals surface area (Å²) in [7, 11) is 0. The fourth-order valence-corrected chi connectivity index (χ4v) is 2.47. The Bertz CT molecular complexity index is 721. The third kappa shape index (κ3) is 5.23. The molecule has 0 spiro atoms. The summed E-state index contributed by atoms with van der Waals surface area (Å²) in [5.41, 5.74) is 1.35. The van der Waals surface area contributed by atoms with Crippen LogP contribution in [-0.2, 0) is 19.1 Å². The summed E-state index contributed by atoms with van der Waals surface area (Å²) in [6.45, 7) is 5.46. The lowest BCUT2D eigenvalue weighted by Gasteiger charge is -2.15. The molecule has 0 radical (unpaired) electrons. The SMILES string of the molecule is Cc1noc(C)c1CC(C)NC(=O)NCc1cccc(C(F)(F)F)c1. The van der Waals surface area contributed by atoms with Crippen LogP contribution in [0, 0.1) is 13.8 Å². The molecular formula is C17H20F3N3O2. The smallest absolute Gasteiger partial charge is 0.361 e. The van der Waals surface area contributed by atoms with E-state index < -0.39 is 17.8 Å². The number of halogens is 3. The maximum absolute atomic E-state index is 12.7. The van der Waals surface area contributed by atoms with Crippen LogP contribution in [0.15, 0.2) is 28.8 Å². The minimum Gasteiger partial charge on any atom is -0.361 e. The summed E-state index contributed by atoms with van der Waals surface area (Å²) in [6.07, 6.45) is -3.85. The molecule has 2 N–H and O–H groups in total. The average Bonchev–Trinajstić information content (AvgIpc) is 2.84. The van der Waals surface area contributed by atoms with Crippen LogP contribution in [0.3, 0.4) is 0 Å². The molecule has 0 fully saturated rings. The second-order valence-electron chi connectivity index (χ2n) is 5.93. The van der Waals surface area contributed by atoms with Crippen LogP contribution in [0.1, 0.15) is 35.1 Å². The monoisotopic (exact) mass is 355 g/mol. The average molecular weight is 355 g/mol. The molecule has 8 heteroatoms. The Balaban J connectivity index is 1.86. The summed E-state index contributed by atoms with van der Waals surface area (Å²) in [5.74, 6) is 0.704. The van der Waals surface area contributed by atoms with Crippen LogP contribution in [-0.4, -0.2) is 17.2 Å². The molecule has 1 aromatic heterocycles. The minimum atomic E-state index is -4.40. The molecule has 2 aromatic rings. The van der Waals surface area contributed by atoms with Crippen molar-refractivity contribution in [2.75, 3.05) is 0 Å². The second kappa shape index (κ2) is 7.58. The molecule has 1 atom stereocenters. The number of aryl methyl sites for hydroxylation is 2. The van der Waals surface area contributed by atoms with Crippen molar-refractivity contribution in [3.63, 3.8) is 0 Å². The van der Waals surface area contributed by atoms with Gasteiger partial charge in [0.1, 0.15) is 5.76 Å². The Labute approximate surface area is 143 Å². The first-order chi connectivity index (χ1) is 11.7. The van der Waals surface area contributed by atoms with Gasteiger partial charge in [-0.25, -0.2) is 4.79 Å². The molecule has 25 heavy (non-hydrogen) atoms. The van der Waals surface area contributed by atoms with Crippen LogP contribution in [0.25, 0.3) is 0 Å². The zero-order valence-electron chi connectivity index (χ0n) is 14.2. The van der Waals surface area contributed by atoms with E-state index in [9.17, 15) is 18.0 Å². The van der Waals surface area contributed by atoms with Crippen molar-refractivity contribution in [1.29, 1.82) is 0 Å². The van der Waals surface area contributed by atoms with E-state index in [2.05, 4.69) is 15.8 Å². The number of hydrogen-bond donors (Lipinski definition) is 2. The van der Waals surface area contributed by atoms with E-state index in [0.717, 1.165) is 23.4 Å². The summed E-state index contributed by atoms with van der Waals surface area (Å²) in [6, 6.07) is 4.23. The molecule has 2 rings (SSSR count). The molecule has 5 nitrogen and oxygen atoms in total. The lowest BCUT2D eigenvalue weighted by atomic mass is 10.1. The van der Waals surface area contributed by atoms with Gasteiger partial charge in [0.15, 0.2) is 0 Å². The third-order valence-electron chi connectivity index (χ3n) is 3.78. The molecule has 1 heterocycles. The Morgan fingerprint density at radius 2 is 2.04 bits per heavy atom. The van der Waals surface area contributed by atoms with Gasteiger partial charge in [-0.05, 0) is 44.9 Å². The molecular weight excluding hydrogens is 335 g/mol. The highest BCUT2D eigenvalue weighted by Crippen LogP contribution is 2.29. The molecule has 0 bridgehead atoms.